The Balaban J connectivity index is 1.34. The fourth-order valence-corrected chi connectivity index (χ4v) is 3.22. The van der Waals surface area contributed by atoms with Crippen molar-refractivity contribution in [2.45, 2.75) is 6.61 Å². The van der Waals surface area contributed by atoms with Crippen molar-refractivity contribution in [1.82, 2.24) is 15.8 Å². The summed E-state index contributed by atoms with van der Waals surface area (Å²) in [6.07, 6.45) is 0. The number of thiazole rings is 1. The molecule has 0 saturated heterocycles. The molecule has 0 radical (unpaired) electrons. The van der Waals surface area contributed by atoms with Crippen LogP contribution in [0.15, 0.2) is 48.5 Å². The van der Waals surface area contributed by atoms with Crippen LogP contribution in [0.1, 0.15) is 5.01 Å². The van der Waals surface area contributed by atoms with Crippen LogP contribution in [0.2, 0.25) is 5.02 Å². The third kappa shape index (κ3) is 5.65. The Bertz CT molecular complexity index is 914. The molecule has 9 heteroatoms. The summed E-state index contributed by atoms with van der Waals surface area (Å²) in [5.41, 5.74) is 5.39. The predicted octanol–water partition coefficient (Wildman–Crippen LogP) is 2.69. The molecule has 3 aromatic rings. The average Bonchev–Trinajstić information content (AvgIpc) is 3.08. The number of carbonyl (C=O) groups excluding carboxylic acids is 2. The largest absolute Gasteiger partial charge is 0.482 e. The molecule has 140 valence electrons. The van der Waals surface area contributed by atoms with Crippen LogP contribution < -0.4 is 15.6 Å². The van der Waals surface area contributed by atoms with Gasteiger partial charge in [-0.15, -0.1) is 11.3 Å². The van der Waals surface area contributed by atoms with E-state index >= 15 is 0 Å². The summed E-state index contributed by atoms with van der Waals surface area (Å²) >= 11 is 7.43. The van der Waals surface area contributed by atoms with E-state index in [9.17, 15) is 9.59 Å². The number of hydrogen-bond donors (Lipinski definition) is 2. The topological polar surface area (TPSA) is 89.5 Å². The van der Waals surface area contributed by atoms with Crippen LogP contribution in [-0.2, 0) is 20.9 Å². The van der Waals surface area contributed by atoms with Gasteiger partial charge in [0.15, 0.2) is 6.61 Å². The first-order valence-corrected chi connectivity index (χ1v) is 9.18. The molecule has 2 amide bonds. The summed E-state index contributed by atoms with van der Waals surface area (Å²) in [5, 5.41) is 1.18. The van der Waals surface area contributed by atoms with Crippen LogP contribution in [0, 0.1) is 0 Å². The van der Waals surface area contributed by atoms with Crippen LogP contribution in [0.4, 0.5) is 0 Å². The standard InChI is InChI=1S/C18H16ClN3O4S/c19-12-5-1-3-7-14(12)26-10-17(24)22-21-16(23)9-25-11-18-20-13-6-2-4-8-15(13)27-18/h1-8H,9-11H2,(H,21,23)(H,22,24). The van der Waals surface area contributed by atoms with Crippen LogP contribution in [0.5, 0.6) is 5.75 Å². The van der Waals surface area contributed by atoms with E-state index in [0.29, 0.717) is 10.8 Å². The summed E-state index contributed by atoms with van der Waals surface area (Å²) in [5.74, 6) is -0.614. The molecule has 0 saturated carbocycles. The van der Waals surface area contributed by atoms with Crippen molar-refractivity contribution in [3.8, 4) is 5.75 Å². The molecule has 2 aromatic carbocycles. The van der Waals surface area contributed by atoms with E-state index in [2.05, 4.69) is 15.8 Å². The minimum Gasteiger partial charge on any atom is -0.482 e. The summed E-state index contributed by atoms with van der Waals surface area (Å²) in [6, 6.07) is 14.5. The number of hydrazine groups is 1. The first kappa shape index (κ1) is 19.1. The monoisotopic (exact) mass is 405 g/mol. The number of nitrogens with one attached hydrogen (secondary N) is 2. The van der Waals surface area contributed by atoms with Gasteiger partial charge in [-0.1, -0.05) is 35.9 Å². The van der Waals surface area contributed by atoms with Crippen LogP contribution in [-0.4, -0.2) is 30.0 Å². The zero-order valence-electron chi connectivity index (χ0n) is 14.1. The molecule has 1 heterocycles. The second kappa shape index (κ2) is 9.31. The Morgan fingerprint density at radius 3 is 2.48 bits per heavy atom. The smallest absolute Gasteiger partial charge is 0.276 e. The predicted molar refractivity (Wildman–Crippen MR) is 103 cm³/mol. The maximum atomic E-state index is 11.7. The average molecular weight is 406 g/mol. The molecule has 0 aliphatic rings. The summed E-state index contributed by atoms with van der Waals surface area (Å²) in [7, 11) is 0. The Morgan fingerprint density at radius 1 is 1.00 bits per heavy atom. The van der Waals surface area contributed by atoms with Crippen molar-refractivity contribution in [2.24, 2.45) is 0 Å². The lowest BCUT2D eigenvalue weighted by Gasteiger charge is -2.09. The molecule has 7 nitrogen and oxygen atoms in total. The first-order valence-electron chi connectivity index (χ1n) is 7.99. The lowest BCUT2D eigenvalue weighted by molar-refractivity contribution is -0.132. The van der Waals surface area contributed by atoms with Crippen molar-refractivity contribution in [1.29, 1.82) is 0 Å². The van der Waals surface area contributed by atoms with E-state index in [1.54, 1.807) is 24.3 Å². The van der Waals surface area contributed by atoms with Crippen LogP contribution in [0.25, 0.3) is 10.2 Å². The van der Waals surface area contributed by atoms with Crippen molar-refractivity contribution >= 4 is 45.0 Å². The third-order valence-corrected chi connectivity index (χ3v) is 4.66. The highest BCUT2D eigenvalue weighted by Crippen LogP contribution is 2.23. The lowest BCUT2D eigenvalue weighted by atomic mass is 10.3. The van der Waals surface area contributed by atoms with Crippen LogP contribution in [0.3, 0.4) is 0 Å². The van der Waals surface area contributed by atoms with Gasteiger partial charge < -0.3 is 9.47 Å². The number of benzene rings is 2. The number of amides is 2. The zero-order chi connectivity index (χ0) is 19.1. The van der Waals surface area contributed by atoms with E-state index < -0.39 is 11.8 Å². The second-order valence-electron chi connectivity index (χ2n) is 5.38. The van der Waals surface area contributed by atoms with E-state index in [1.165, 1.54) is 11.3 Å². The van der Waals surface area contributed by atoms with Gasteiger partial charge in [-0.25, -0.2) is 4.98 Å². The van der Waals surface area contributed by atoms with Gasteiger partial charge >= 0.3 is 0 Å². The Morgan fingerprint density at radius 2 is 1.70 bits per heavy atom. The number of aromatic nitrogens is 1. The Hall–Kier alpha value is -2.68. The van der Waals surface area contributed by atoms with Crippen molar-refractivity contribution in [3.05, 3.63) is 58.6 Å². The van der Waals surface area contributed by atoms with Gasteiger partial charge in [0.25, 0.3) is 11.8 Å². The molecular weight excluding hydrogens is 390 g/mol. The van der Waals surface area contributed by atoms with Gasteiger partial charge in [0.05, 0.1) is 21.8 Å². The van der Waals surface area contributed by atoms with E-state index in [1.807, 2.05) is 24.3 Å². The highest BCUT2D eigenvalue weighted by atomic mass is 35.5. The molecule has 3 rings (SSSR count). The molecule has 0 unspecified atom stereocenters. The molecular formula is C18H16ClN3O4S. The molecule has 0 bridgehead atoms. The minimum atomic E-state index is -0.519. The van der Waals surface area contributed by atoms with Crippen molar-refractivity contribution < 1.29 is 19.1 Å². The highest BCUT2D eigenvalue weighted by Gasteiger charge is 2.08. The van der Waals surface area contributed by atoms with Gasteiger partial charge in [0.1, 0.15) is 17.4 Å². The molecule has 0 atom stereocenters. The van der Waals surface area contributed by atoms with E-state index in [0.717, 1.165) is 15.2 Å². The second-order valence-corrected chi connectivity index (χ2v) is 6.91. The van der Waals surface area contributed by atoms with E-state index in [-0.39, 0.29) is 19.8 Å². The molecule has 27 heavy (non-hydrogen) atoms. The fourth-order valence-electron chi connectivity index (χ4n) is 2.13. The number of rotatable bonds is 7. The summed E-state index contributed by atoms with van der Waals surface area (Å²) < 4.78 is 11.7. The van der Waals surface area contributed by atoms with Crippen molar-refractivity contribution in [3.63, 3.8) is 0 Å². The third-order valence-electron chi connectivity index (χ3n) is 3.33. The molecule has 2 N–H and O–H groups in total. The molecule has 0 aliphatic heterocycles. The maximum Gasteiger partial charge on any atom is 0.276 e. The molecule has 0 aliphatic carbocycles. The summed E-state index contributed by atoms with van der Waals surface area (Å²) in [4.78, 5) is 27.8. The number of para-hydroxylation sites is 2. The molecule has 0 fully saturated rings. The van der Waals surface area contributed by atoms with Crippen molar-refractivity contribution in [2.75, 3.05) is 13.2 Å². The number of fused-ring (bicyclic) bond motifs is 1. The van der Waals surface area contributed by atoms with E-state index in [4.69, 9.17) is 21.1 Å². The number of carbonyl (C=O) groups is 2. The van der Waals surface area contributed by atoms with Gasteiger partial charge in [0, 0.05) is 0 Å². The highest BCUT2D eigenvalue weighted by molar-refractivity contribution is 7.18. The number of hydrogen-bond acceptors (Lipinski definition) is 6. The Labute approximate surface area is 164 Å². The minimum absolute atomic E-state index is 0.207. The summed E-state index contributed by atoms with van der Waals surface area (Å²) in [6.45, 7) is -0.269. The van der Waals surface area contributed by atoms with Crippen LogP contribution >= 0.6 is 22.9 Å². The first-order chi connectivity index (χ1) is 13.1. The zero-order valence-corrected chi connectivity index (χ0v) is 15.7. The van der Waals surface area contributed by atoms with Gasteiger partial charge in [0.2, 0.25) is 0 Å². The van der Waals surface area contributed by atoms with Gasteiger partial charge in [-0.2, -0.15) is 0 Å². The lowest BCUT2D eigenvalue weighted by Crippen LogP contribution is -2.45. The molecule has 1 aromatic heterocycles. The molecule has 0 spiro atoms. The maximum absolute atomic E-state index is 11.7. The number of halogens is 1. The van der Waals surface area contributed by atoms with Gasteiger partial charge in [-0.05, 0) is 24.3 Å². The number of ether oxygens (including phenoxy) is 2. The fraction of sp³-hybridized carbons (Fsp3) is 0.167. The quantitative estimate of drug-likeness (QED) is 0.590. The number of nitrogens with zero attached hydrogens (tertiary/aromatic N) is 1. The normalized spacial score (nSPS) is 10.6. The van der Waals surface area contributed by atoms with Gasteiger partial charge in [-0.3, -0.25) is 20.4 Å². The SMILES string of the molecule is O=C(COCc1nc2ccccc2s1)NNC(=O)COc1ccccc1Cl. The Kier molecular flexibility index (Phi) is 6.59.